The van der Waals surface area contributed by atoms with Crippen molar-refractivity contribution in [2.24, 2.45) is 0 Å². The van der Waals surface area contributed by atoms with E-state index in [9.17, 15) is 0 Å². The van der Waals surface area contributed by atoms with Gasteiger partial charge in [-0.25, -0.2) is 0 Å². The Morgan fingerprint density at radius 2 is 0.479 bits per heavy atom. The lowest BCUT2D eigenvalue weighted by atomic mass is 9.92. The first-order valence-electron chi connectivity index (χ1n) is 32.0. The lowest BCUT2D eigenvalue weighted by Crippen LogP contribution is -2.75. The summed E-state index contributed by atoms with van der Waals surface area (Å²) in [4.78, 5) is 0. The van der Waals surface area contributed by atoms with E-state index in [0.29, 0.717) is 0 Å². The third kappa shape index (κ3) is 14.7. The first kappa shape index (κ1) is 77.2. The fourth-order valence-corrected chi connectivity index (χ4v) is 15.4. The molecule has 15 rings (SSSR count). The Kier molecular flexibility index (Phi) is 28.1. The summed E-state index contributed by atoms with van der Waals surface area (Å²) in [6, 6.07) is 0. The highest BCUT2D eigenvalue weighted by Crippen LogP contribution is 2.48. The second-order valence-corrected chi connectivity index (χ2v) is 24.6. The van der Waals surface area contributed by atoms with E-state index in [0.717, 1.165) is 0 Å². The average molecular weight is 1400 g/mol. The molecule has 0 saturated carbocycles. The highest BCUT2D eigenvalue weighted by molar-refractivity contribution is 5.07. The molecule has 35 heteroatoms. The zero-order valence-electron chi connectivity index (χ0n) is 58.3. The van der Waals surface area contributed by atoms with Crippen LogP contribution < -0.4 is 0 Å². The van der Waals surface area contributed by atoms with E-state index >= 15 is 0 Å². The third-order valence-corrected chi connectivity index (χ3v) is 19.7. The minimum absolute atomic E-state index is 0.0542. The van der Waals surface area contributed by atoms with Crippen LogP contribution in [0.4, 0.5) is 0 Å². The molecule has 35 atom stereocenters. The molecule has 0 amide bonds. The van der Waals surface area contributed by atoms with Gasteiger partial charge < -0.3 is 166 Å². The first-order chi connectivity index (χ1) is 46.7. The fourth-order valence-electron chi connectivity index (χ4n) is 15.4. The van der Waals surface area contributed by atoms with Gasteiger partial charge in [-0.15, -0.1) is 0 Å². The Hall–Kier alpha value is -1.40. The minimum atomic E-state index is -1.88. The molecular formula is C61H104O35. The Bertz CT molecular complexity index is 2310. The van der Waals surface area contributed by atoms with E-state index in [1.807, 2.05) is 0 Å². The first-order valence-corrected chi connectivity index (χ1v) is 32.0. The molecule has 15 heterocycles. The van der Waals surface area contributed by atoms with Crippen molar-refractivity contribution >= 4 is 0 Å². The van der Waals surface area contributed by atoms with Crippen LogP contribution in [0.25, 0.3) is 0 Å². The van der Waals surface area contributed by atoms with Gasteiger partial charge in [0.1, 0.15) is 172 Å². The van der Waals surface area contributed by atoms with Gasteiger partial charge in [0.15, 0.2) is 44.0 Å². The molecule has 35 nitrogen and oxygen atoms in total. The average Bonchev–Trinajstić information content (AvgIpc) is 0.948. The summed E-state index contributed by atoms with van der Waals surface area (Å²) < 4.78 is 230. The van der Waals surface area contributed by atoms with Crippen LogP contribution in [-0.4, -0.2) is 396 Å². The third-order valence-electron chi connectivity index (χ3n) is 19.7. The largest absolute Gasteiger partial charge is 0.382 e. The topological polar surface area (TPSA) is 323 Å². The molecule has 96 heavy (non-hydrogen) atoms. The van der Waals surface area contributed by atoms with Crippen LogP contribution in [0.15, 0.2) is 0 Å². The van der Waals surface area contributed by atoms with Crippen LogP contribution in [0, 0.1) is 0 Å². The normalized spacial score (nSPS) is 49.2. The zero-order valence-corrected chi connectivity index (χ0v) is 58.3. The van der Waals surface area contributed by atoms with Gasteiger partial charge in [0.05, 0.1) is 33.0 Å². The maximum absolute atomic E-state index is 7.17. The van der Waals surface area contributed by atoms with Crippen molar-refractivity contribution in [2.45, 2.75) is 214 Å². The summed E-state index contributed by atoms with van der Waals surface area (Å²) in [5.41, 5.74) is 0. The van der Waals surface area contributed by atoms with Gasteiger partial charge in [0.2, 0.25) is 11.6 Å². The van der Waals surface area contributed by atoms with E-state index in [1.54, 1.807) is 0 Å². The molecule has 0 aromatic carbocycles. The quantitative estimate of drug-likeness (QED) is 0.100. The predicted molar refractivity (Wildman–Crippen MR) is 315 cm³/mol. The van der Waals surface area contributed by atoms with Crippen LogP contribution in [0.2, 0.25) is 0 Å². The Morgan fingerprint density at radius 3 is 0.740 bits per heavy atom. The van der Waals surface area contributed by atoms with E-state index in [1.165, 1.54) is 135 Å². The summed E-state index contributed by atoms with van der Waals surface area (Å²) in [5, 5.41) is 0. The van der Waals surface area contributed by atoms with Gasteiger partial charge in [-0.1, -0.05) is 0 Å². The van der Waals surface area contributed by atoms with Gasteiger partial charge in [0, 0.05) is 135 Å². The number of hydrogen-bond donors (Lipinski definition) is 0. The molecular weight excluding hydrogens is 1290 g/mol. The van der Waals surface area contributed by atoms with Crippen molar-refractivity contribution in [1.29, 1.82) is 0 Å². The van der Waals surface area contributed by atoms with Crippen molar-refractivity contribution in [3.63, 3.8) is 0 Å². The molecule has 15 saturated heterocycles. The SMILES string of the molecule is COCC1OC2OC3C(COC)OC(OC4C(OC)C(OC)C5OC6C(COC4(COC)O5)OC(OC4C(COC)OC(OC5C(OC)C(OC)C7OC8C(COC5(COC)O7)OC(OC1C(OC)C2OC)C(OC)C8OC)C(OC)C4OC)C(OC)C6OC)C(OC)C3OC. The molecule has 0 aromatic rings. The second kappa shape index (κ2) is 34.9. The van der Waals surface area contributed by atoms with Crippen LogP contribution in [0.3, 0.4) is 0 Å². The van der Waals surface area contributed by atoms with Crippen molar-refractivity contribution in [1.82, 2.24) is 0 Å². The van der Waals surface area contributed by atoms with E-state index in [4.69, 9.17) is 166 Å². The number of methoxy groups -OCH3 is 19. The highest BCUT2D eigenvalue weighted by atomic mass is 16.9. The molecule has 558 valence electrons. The predicted octanol–water partition coefficient (Wildman–Crippen LogP) is -2.07. The second-order valence-electron chi connectivity index (χ2n) is 24.6. The molecule has 0 aromatic heterocycles. The van der Waals surface area contributed by atoms with Crippen LogP contribution in [0.1, 0.15) is 0 Å². The molecule has 0 radical (unpaired) electrons. The van der Waals surface area contributed by atoms with Gasteiger partial charge >= 0.3 is 0 Å². The van der Waals surface area contributed by atoms with E-state index in [-0.39, 0.29) is 46.2 Å². The molecule has 15 aliphatic rings. The summed E-state index contributed by atoms with van der Waals surface area (Å²) >= 11 is 0. The molecule has 0 aliphatic carbocycles. The standard InChI is InChI=1S/C61H104O35/c1-62-20-27-32-37(67-6)44(74-13)53(83-27)88-33-28(21-63-2)84-56(47(77-16)38(33)68-7)93-51-42(72-11)49(79-18)59-92-36-31(24-82-60(51,96-59)25-65-4)87-55(46(76-15)41(36)71-10)90-34-29(22-64-3)85-57(48(78-17)39(34)69-8)94-52-43(73-12)50(80-19)58-91-35-30(23-81-61(52,95-58)26-66-5)86-54(89-32)45(75-14)40(35)70-9/h27-59H,20-26H2,1-19H3. The van der Waals surface area contributed by atoms with Gasteiger partial charge in [-0.2, -0.15) is 0 Å². The monoisotopic (exact) mass is 1400 g/mol. The highest BCUT2D eigenvalue weighted by Gasteiger charge is 2.68. The maximum Gasteiger partial charge on any atom is 0.224 e. The molecule has 15 fully saturated rings. The number of hydrogen-bond acceptors (Lipinski definition) is 35. The zero-order chi connectivity index (χ0) is 68.8. The van der Waals surface area contributed by atoms with E-state index < -0.39 is 214 Å². The van der Waals surface area contributed by atoms with Gasteiger partial charge in [-0.3, -0.25) is 0 Å². The van der Waals surface area contributed by atoms with E-state index in [2.05, 4.69) is 0 Å². The van der Waals surface area contributed by atoms with Crippen molar-refractivity contribution in [3.05, 3.63) is 0 Å². The number of rotatable bonds is 24. The molecule has 15 aliphatic heterocycles. The van der Waals surface area contributed by atoms with Crippen molar-refractivity contribution < 1.29 is 166 Å². The number of ether oxygens (including phenoxy) is 35. The molecule has 0 spiro atoms. The smallest absolute Gasteiger partial charge is 0.224 e. The van der Waals surface area contributed by atoms with Crippen LogP contribution in [-0.2, 0) is 166 Å². The summed E-state index contributed by atoms with van der Waals surface area (Å²) in [7, 11) is 28.4. The lowest BCUT2D eigenvalue weighted by Gasteiger charge is -2.57. The van der Waals surface area contributed by atoms with Crippen LogP contribution in [0.5, 0.6) is 0 Å². The number of fused-ring (bicyclic) bond motifs is 2. The lowest BCUT2D eigenvalue weighted by molar-refractivity contribution is -0.471. The molecule has 14 bridgehead atoms. The summed E-state index contributed by atoms with van der Waals surface area (Å²) in [6.45, 7) is -1.26. The Morgan fingerprint density at radius 1 is 0.240 bits per heavy atom. The summed E-state index contributed by atoms with van der Waals surface area (Å²) in [6.07, 6.45) is -35.8. The van der Waals surface area contributed by atoms with Gasteiger partial charge in [0.25, 0.3) is 0 Å². The summed E-state index contributed by atoms with van der Waals surface area (Å²) in [5.74, 6) is -3.76. The molecule has 0 N–H and O–H groups in total. The maximum atomic E-state index is 7.17. The molecule has 35 unspecified atom stereocenters. The van der Waals surface area contributed by atoms with Crippen molar-refractivity contribution in [2.75, 3.05) is 181 Å². The van der Waals surface area contributed by atoms with Gasteiger partial charge in [-0.05, 0) is 0 Å². The van der Waals surface area contributed by atoms with Crippen LogP contribution >= 0.6 is 0 Å². The van der Waals surface area contributed by atoms with Crippen molar-refractivity contribution in [3.8, 4) is 0 Å². The Labute approximate surface area is 560 Å². The minimum Gasteiger partial charge on any atom is -0.382 e. The Balaban J connectivity index is 1.10. The fraction of sp³-hybridized carbons (Fsp3) is 1.00.